The van der Waals surface area contributed by atoms with Gasteiger partial charge in [0, 0.05) is 32.2 Å². The number of likely N-dealkylation sites (tertiary alicyclic amines) is 2. The summed E-state index contributed by atoms with van der Waals surface area (Å²) in [5, 5.41) is 0. The van der Waals surface area contributed by atoms with Crippen molar-refractivity contribution in [2.75, 3.05) is 39.4 Å². The molecule has 33 heavy (non-hydrogen) atoms. The predicted octanol–water partition coefficient (Wildman–Crippen LogP) is 4.26. The van der Waals surface area contributed by atoms with Crippen LogP contribution in [0.4, 0.5) is 9.18 Å². The van der Waals surface area contributed by atoms with Crippen molar-refractivity contribution in [1.29, 1.82) is 0 Å². The molecule has 2 atom stereocenters. The molecule has 7 heteroatoms. The highest BCUT2D eigenvalue weighted by molar-refractivity contribution is 5.79. The molecule has 0 aromatic heterocycles. The summed E-state index contributed by atoms with van der Waals surface area (Å²) in [6.45, 7) is 4.31. The highest BCUT2D eigenvalue weighted by Crippen LogP contribution is 2.48. The second kappa shape index (κ2) is 9.90. The molecule has 4 aliphatic rings. The number of benzene rings is 1. The van der Waals surface area contributed by atoms with E-state index in [-0.39, 0.29) is 24.2 Å². The van der Waals surface area contributed by atoms with Gasteiger partial charge in [0.05, 0.1) is 19.6 Å². The van der Waals surface area contributed by atoms with Gasteiger partial charge in [-0.1, -0.05) is 12.5 Å². The molecule has 0 N–H and O–H groups in total. The lowest BCUT2D eigenvalue weighted by atomic mass is 9.86. The molecule has 4 fully saturated rings. The Hall–Kier alpha value is -2.31. The van der Waals surface area contributed by atoms with Gasteiger partial charge in [0.25, 0.3) is 0 Å². The second-order valence-electron chi connectivity index (χ2n) is 10.3. The summed E-state index contributed by atoms with van der Waals surface area (Å²) in [5.41, 5.74) is 0.432. The van der Waals surface area contributed by atoms with Gasteiger partial charge in [0.2, 0.25) is 5.91 Å². The Balaban J connectivity index is 1.01. The lowest BCUT2D eigenvalue weighted by Crippen LogP contribution is -2.42. The fourth-order valence-electron chi connectivity index (χ4n) is 5.29. The van der Waals surface area contributed by atoms with Gasteiger partial charge in [-0.3, -0.25) is 4.79 Å². The van der Waals surface area contributed by atoms with E-state index >= 15 is 0 Å². The van der Waals surface area contributed by atoms with E-state index in [0.717, 1.165) is 51.9 Å². The van der Waals surface area contributed by atoms with E-state index in [2.05, 4.69) is 0 Å². The topological polar surface area (TPSA) is 59.1 Å². The van der Waals surface area contributed by atoms with Crippen LogP contribution in [0.1, 0.15) is 50.5 Å². The van der Waals surface area contributed by atoms with E-state index in [9.17, 15) is 14.0 Å². The van der Waals surface area contributed by atoms with Gasteiger partial charge in [-0.2, -0.15) is 0 Å². The first-order valence-electron chi connectivity index (χ1n) is 12.7. The standard InChI is InChI=1S/C26H35FN2O4/c27-24-15-22(6-5-20(24)14-25(30)28-9-2-10-28)32-17-21-13-23(21)19-7-11-29(12-8-19)26(31)33-16-18-3-1-4-18/h5-6,15,18-19,21,23H,1-4,7-14,16-17H2/t21?,23-/m1/s1. The molecule has 0 radical (unpaired) electrons. The molecule has 2 aliphatic heterocycles. The maximum Gasteiger partial charge on any atom is 0.409 e. The van der Waals surface area contributed by atoms with E-state index in [1.165, 1.54) is 25.3 Å². The van der Waals surface area contributed by atoms with Crippen molar-refractivity contribution >= 4 is 12.0 Å². The van der Waals surface area contributed by atoms with Crippen molar-refractivity contribution in [1.82, 2.24) is 9.80 Å². The van der Waals surface area contributed by atoms with Crippen LogP contribution in [-0.2, 0) is 16.0 Å². The number of rotatable bonds is 8. The largest absolute Gasteiger partial charge is 0.493 e. The van der Waals surface area contributed by atoms with Gasteiger partial charge in [0.1, 0.15) is 11.6 Å². The predicted molar refractivity (Wildman–Crippen MR) is 121 cm³/mol. The smallest absolute Gasteiger partial charge is 0.409 e. The van der Waals surface area contributed by atoms with Crippen LogP contribution < -0.4 is 4.74 Å². The van der Waals surface area contributed by atoms with Gasteiger partial charge in [-0.15, -0.1) is 0 Å². The number of carbonyl (C=O) groups excluding carboxylic acids is 2. The Bertz CT molecular complexity index is 862. The highest BCUT2D eigenvalue weighted by Gasteiger charge is 2.44. The molecule has 2 saturated carbocycles. The summed E-state index contributed by atoms with van der Waals surface area (Å²) in [6, 6.07) is 4.85. The van der Waals surface area contributed by atoms with Gasteiger partial charge < -0.3 is 19.3 Å². The molecule has 6 nitrogen and oxygen atoms in total. The molecule has 2 heterocycles. The van der Waals surface area contributed by atoms with Crippen molar-refractivity contribution in [2.24, 2.45) is 23.7 Å². The molecule has 0 spiro atoms. The Morgan fingerprint density at radius 1 is 0.970 bits per heavy atom. The monoisotopic (exact) mass is 458 g/mol. The molecular formula is C26H35FN2O4. The SMILES string of the molecule is O=C(Cc1ccc(OCC2C[C@@H]2C2CCN(C(=O)OCC3CCC3)CC2)cc1F)N1CCC1. The molecule has 1 unspecified atom stereocenters. The van der Waals surface area contributed by atoms with E-state index < -0.39 is 0 Å². The van der Waals surface area contributed by atoms with Crippen molar-refractivity contribution < 1.29 is 23.5 Å². The minimum atomic E-state index is -0.370. The fraction of sp³-hybridized carbons (Fsp3) is 0.692. The fourth-order valence-corrected chi connectivity index (χ4v) is 5.29. The van der Waals surface area contributed by atoms with Gasteiger partial charge in [-0.25, -0.2) is 9.18 Å². The number of hydrogen-bond acceptors (Lipinski definition) is 4. The second-order valence-corrected chi connectivity index (χ2v) is 10.3. The summed E-state index contributed by atoms with van der Waals surface area (Å²) in [4.78, 5) is 28.0. The summed E-state index contributed by atoms with van der Waals surface area (Å²) < 4.78 is 25.8. The zero-order valence-corrected chi connectivity index (χ0v) is 19.3. The molecule has 2 aliphatic carbocycles. The minimum absolute atomic E-state index is 0.00712. The zero-order chi connectivity index (χ0) is 22.8. The van der Waals surface area contributed by atoms with E-state index in [1.807, 2.05) is 4.90 Å². The van der Waals surface area contributed by atoms with Crippen LogP contribution in [0, 0.1) is 29.5 Å². The minimum Gasteiger partial charge on any atom is -0.493 e. The van der Waals surface area contributed by atoms with E-state index in [0.29, 0.717) is 48.2 Å². The quantitative estimate of drug-likeness (QED) is 0.584. The van der Waals surface area contributed by atoms with Crippen molar-refractivity contribution in [2.45, 2.75) is 51.4 Å². The third-order valence-electron chi connectivity index (χ3n) is 8.09. The lowest BCUT2D eigenvalue weighted by Gasteiger charge is -2.33. The summed E-state index contributed by atoms with van der Waals surface area (Å²) in [7, 11) is 0. The number of ether oxygens (including phenoxy) is 2. The molecule has 180 valence electrons. The third-order valence-corrected chi connectivity index (χ3v) is 8.09. The lowest BCUT2D eigenvalue weighted by molar-refractivity contribution is -0.133. The van der Waals surface area contributed by atoms with Crippen LogP contribution in [0.25, 0.3) is 0 Å². The van der Waals surface area contributed by atoms with E-state index in [4.69, 9.17) is 9.47 Å². The van der Waals surface area contributed by atoms with Gasteiger partial charge in [0.15, 0.2) is 0 Å². The number of amides is 2. The molecule has 5 rings (SSSR count). The summed E-state index contributed by atoms with van der Waals surface area (Å²) in [5.74, 6) is 2.50. The highest BCUT2D eigenvalue weighted by atomic mass is 19.1. The normalized spacial score (nSPS) is 25.2. The maximum atomic E-state index is 14.4. The van der Waals surface area contributed by atoms with Gasteiger partial charge in [-0.05, 0) is 73.8 Å². The average molecular weight is 459 g/mol. The van der Waals surface area contributed by atoms with Crippen LogP contribution in [0.15, 0.2) is 18.2 Å². The van der Waals surface area contributed by atoms with Crippen molar-refractivity contribution in [3.05, 3.63) is 29.6 Å². The molecule has 0 bridgehead atoms. The van der Waals surface area contributed by atoms with Crippen molar-refractivity contribution in [3.63, 3.8) is 0 Å². The van der Waals surface area contributed by atoms with Gasteiger partial charge >= 0.3 is 6.09 Å². The third kappa shape index (κ3) is 5.44. The molecular weight excluding hydrogens is 423 g/mol. The first kappa shape index (κ1) is 22.5. The molecule has 1 aromatic carbocycles. The number of piperidine rings is 1. The zero-order valence-electron chi connectivity index (χ0n) is 19.3. The number of carbonyl (C=O) groups is 2. The number of halogens is 1. The Morgan fingerprint density at radius 2 is 1.76 bits per heavy atom. The first-order valence-corrected chi connectivity index (χ1v) is 12.7. The Morgan fingerprint density at radius 3 is 2.39 bits per heavy atom. The van der Waals surface area contributed by atoms with Crippen LogP contribution >= 0.6 is 0 Å². The van der Waals surface area contributed by atoms with Crippen LogP contribution in [0.5, 0.6) is 5.75 Å². The van der Waals surface area contributed by atoms with Crippen LogP contribution in [-0.4, -0.2) is 61.2 Å². The average Bonchev–Trinajstić information content (AvgIpc) is 3.51. The van der Waals surface area contributed by atoms with Crippen LogP contribution in [0.2, 0.25) is 0 Å². The van der Waals surface area contributed by atoms with Crippen molar-refractivity contribution in [3.8, 4) is 5.75 Å². The number of nitrogens with zero attached hydrogens (tertiary/aromatic N) is 2. The Labute approximate surface area is 195 Å². The molecule has 2 amide bonds. The first-order chi connectivity index (χ1) is 16.1. The number of hydrogen-bond donors (Lipinski definition) is 0. The van der Waals surface area contributed by atoms with E-state index in [1.54, 1.807) is 17.0 Å². The summed E-state index contributed by atoms with van der Waals surface area (Å²) in [6.07, 6.45) is 7.83. The van der Waals surface area contributed by atoms with Crippen LogP contribution in [0.3, 0.4) is 0 Å². The molecule has 1 aromatic rings. The Kier molecular flexibility index (Phi) is 6.74. The maximum absolute atomic E-state index is 14.4. The molecule has 2 saturated heterocycles. The summed E-state index contributed by atoms with van der Waals surface area (Å²) >= 11 is 0.